The van der Waals surface area contributed by atoms with Gasteiger partial charge in [0.1, 0.15) is 0 Å². The quantitative estimate of drug-likeness (QED) is 0.837. The van der Waals surface area contributed by atoms with Gasteiger partial charge in [-0.3, -0.25) is 0 Å². The lowest BCUT2D eigenvalue weighted by Gasteiger charge is -2.43. The van der Waals surface area contributed by atoms with Crippen molar-refractivity contribution >= 4 is 0 Å². The highest BCUT2D eigenvalue weighted by atomic mass is 14.8. The van der Waals surface area contributed by atoms with Gasteiger partial charge in [-0.1, -0.05) is 44.0 Å². The second-order valence-electron chi connectivity index (χ2n) is 6.63. The molecule has 1 fully saturated rings. The van der Waals surface area contributed by atoms with Gasteiger partial charge in [0.05, 0.1) is 0 Å². The van der Waals surface area contributed by atoms with Crippen LogP contribution in [0, 0.1) is 25.7 Å². The van der Waals surface area contributed by atoms with Crippen molar-refractivity contribution in [3.05, 3.63) is 34.9 Å². The molecule has 0 aromatic heterocycles. The monoisotopic (exact) mass is 245 g/mol. The number of hydrogen-bond acceptors (Lipinski definition) is 1. The van der Waals surface area contributed by atoms with Crippen LogP contribution in [0.4, 0.5) is 0 Å². The minimum Gasteiger partial charge on any atom is -0.325 e. The second kappa shape index (κ2) is 5.05. The van der Waals surface area contributed by atoms with Crippen molar-refractivity contribution in [1.82, 2.24) is 0 Å². The number of hydrogen-bond donors (Lipinski definition) is 1. The molecule has 1 heteroatoms. The van der Waals surface area contributed by atoms with E-state index in [2.05, 4.69) is 45.9 Å². The van der Waals surface area contributed by atoms with Crippen molar-refractivity contribution in [2.75, 3.05) is 0 Å². The van der Waals surface area contributed by atoms with E-state index in [1.807, 2.05) is 0 Å². The van der Waals surface area contributed by atoms with E-state index >= 15 is 0 Å². The molecule has 0 spiro atoms. The Bertz CT molecular complexity index is 424. The molecule has 100 valence electrons. The maximum absolute atomic E-state index is 6.74. The molecule has 0 aliphatic heterocycles. The topological polar surface area (TPSA) is 26.0 Å². The van der Waals surface area contributed by atoms with E-state index in [1.54, 1.807) is 0 Å². The maximum Gasteiger partial charge on any atom is 0.0223 e. The molecule has 1 saturated carbocycles. The van der Waals surface area contributed by atoms with Crippen molar-refractivity contribution in [2.24, 2.45) is 17.6 Å². The Morgan fingerprint density at radius 1 is 1.22 bits per heavy atom. The average molecular weight is 245 g/mol. The molecule has 2 N–H and O–H groups in total. The normalized spacial score (nSPS) is 32.5. The molecule has 1 aromatic rings. The summed E-state index contributed by atoms with van der Waals surface area (Å²) in [7, 11) is 0. The van der Waals surface area contributed by atoms with E-state index < -0.39 is 0 Å². The van der Waals surface area contributed by atoms with E-state index in [0.717, 1.165) is 12.3 Å². The molecule has 0 bridgehead atoms. The standard InChI is InChI=1S/C17H27N/c1-12-5-7-14(3)16(9-12)11-17(18)10-13(2)6-8-15(17)4/h5,7,9,13,15H,6,8,10-11,18H2,1-4H3. The first-order chi connectivity index (χ1) is 8.40. The second-order valence-corrected chi connectivity index (χ2v) is 6.63. The molecule has 0 radical (unpaired) electrons. The number of nitrogens with two attached hydrogens (primary N) is 1. The summed E-state index contributed by atoms with van der Waals surface area (Å²) >= 11 is 0. The van der Waals surface area contributed by atoms with Gasteiger partial charge in [-0.2, -0.15) is 0 Å². The zero-order valence-electron chi connectivity index (χ0n) is 12.3. The lowest BCUT2D eigenvalue weighted by molar-refractivity contribution is 0.161. The van der Waals surface area contributed by atoms with E-state index in [0.29, 0.717) is 5.92 Å². The van der Waals surface area contributed by atoms with Crippen LogP contribution in [0.25, 0.3) is 0 Å². The molecule has 0 heterocycles. The number of rotatable bonds is 2. The Morgan fingerprint density at radius 2 is 1.94 bits per heavy atom. The molecule has 2 rings (SSSR count). The van der Waals surface area contributed by atoms with E-state index in [1.165, 1.54) is 36.0 Å². The summed E-state index contributed by atoms with van der Waals surface area (Å²) in [6, 6.07) is 6.73. The van der Waals surface area contributed by atoms with Gasteiger partial charge >= 0.3 is 0 Å². The minimum atomic E-state index is -0.00375. The fourth-order valence-electron chi connectivity index (χ4n) is 3.37. The Balaban J connectivity index is 2.23. The van der Waals surface area contributed by atoms with Crippen molar-refractivity contribution in [3.8, 4) is 0 Å². The summed E-state index contributed by atoms with van der Waals surface area (Å²) in [5.74, 6) is 1.41. The van der Waals surface area contributed by atoms with Gasteiger partial charge in [-0.15, -0.1) is 0 Å². The zero-order chi connectivity index (χ0) is 13.3. The predicted octanol–water partition coefficient (Wildman–Crippen LogP) is 4.00. The third-order valence-corrected chi connectivity index (χ3v) is 4.83. The summed E-state index contributed by atoms with van der Waals surface area (Å²) < 4.78 is 0. The van der Waals surface area contributed by atoms with Gasteiger partial charge in [-0.25, -0.2) is 0 Å². The van der Waals surface area contributed by atoms with E-state index in [9.17, 15) is 0 Å². The van der Waals surface area contributed by atoms with E-state index in [4.69, 9.17) is 5.73 Å². The molecule has 1 aromatic carbocycles. The van der Waals surface area contributed by atoms with Gasteiger partial charge in [-0.05, 0) is 56.1 Å². The predicted molar refractivity (Wildman–Crippen MR) is 78.7 cm³/mol. The van der Waals surface area contributed by atoms with Crippen LogP contribution in [0.3, 0.4) is 0 Å². The first-order valence-corrected chi connectivity index (χ1v) is 7.26. The van der Waals surface area contributed by atoms with Gasteiger partial charge in [0.25, 0.3) is 0 Å². The average Bonchev–Trinajstić information content (AvgIpc) is 2.29. The van der Waals surface area contributed by atoms with Crippen LogP contribution in [0.2, 0.25) is 0 Å². The lowest BCUT2D eigenvalue weighted by Crippen LogP contribution is -2.51. The van der Waals surface area contributed by atoms with Crippen LogP contribution in [0.1, 0.15) is 49.8 Å². The highest BCUT2D eigenvalue weighted by Gasteiger charge is 2.37. The summed E-state index contributed by atoms with van der Waals surface area (Å²) in [4.78, 5) is 0. The van der Waals surface area contributed by atoms with Crippen LogP contribution in [-0.4, -0.2) is 5.54 Å². The molecule has 0 amide bonds. The Morgan fingerprint density at radius 3 is 2.67 bits per heavy atom. The van der Waals surface area contributed by atoms with Gasteiger partial charge < -0.3 is 5.73 Å². The Labute approximate surface area is 112 Å². The number of aryl methyl sites for hydroxylation is 2. The smallest absolute Gasteiger partial charge is 0.0223 e. The van der Waals surface area contributed by atoms with E-state index in [-0.39, 0.29) is 5.54 Å². The highest BCUT2D eigenvalue weighted by molar-refractivity contribution is 5.32. The first kappa shape index (κ1) is 13.6. The summed E-state index contributed by atoms with van der Waals surface area (Å²) in [6.07, 6.45) is 4.82. The molecule has 0 saturated heterocycles. The molecule has 1 aliphatic carbocycles. The van der Waals surface area contributed by atoms with Crippen LogP contribution in [0.5, 0.6) is 0 Å². The highest BCUT2D eigenvalue weighted by Crippen LogP contribution is 2.37. The molecular formula is C17H27N. The van der Waals surface area contributed by atoms with Crippen molar-refractivity contribution in [2.45, 2.75) is 58.9 Å². The molecular weight excluding hydrogens is 218 g/mol. The summed E-state index contributed by atoms with van der Waals surface area (Å²) in [5, 5.41) is 0. The van der Waals surface area contributed by atoms with Crippen LogP contribution >= 0.6 is 0 Å². The minimum absolute atomic E-state index is 0.00375. The third-order valence-electron chi connectivity index (χ3n) is 4.83. The lowest BCUT2D eigenvalue weighted by atomic mass is 9.67. The molecule has 18 heavy (non-hydrogen) atoms. The van der Waals surface area contributed by atoms with Crippen molar-refractivity contribution in [1.29, 1.82) is 0 Å². The van der Waals surface area contributed by atoms with Gasteiger partial charge in [0.2, 0.25) is 0 Å². The third kappa shape index (κ3) is 2.77. The van der Waals surface area contributed by atoms with Crippen LogP contribution in [0.15, 0.2) is 18.2 Å². The largest absolute Gasteiger partial charge is 0.325 e. The summed E-state index contributed by atoms with van der Waals surface area (Å²) in [6.45, 7) is 9.04. The number of benzene rings is 1. The Hall–Kier alpha value is -0.820. The fourth-order valence-corrected chi connectivity index (χ4v) is 3.37. The first-order valence-electron chi connectivity index (χ1n) is 7.26. The molecule has 1 aliphatic rings. The van der Waals surface area contributed by atoms with Gasteiger partial charge in [0, 0.05) is 5.54 Å². The van der Waals surface area contributed by atoms with Crippen LogP contribution < -0.4 is 5.73 Å². The Kier molecular flexibility index (Phi) is 3.82. The molecule has 3 unspecified atom stereocenters. The van der Waals surface area contributed by atoms with Gasteiger partial charge in [0.15, 0.2) is 0 Å². The van der Waals surface area contributed by atoms with Crippen molar-refractivity contribution in [3.63, 3.8) is 0 Å². The van der Waals surface area contributed by atoms with Crippen molar-refractivity contribution < 1.29 is 0 Å². The SMILES string of the molecule is Cc1ccc(C)c(CC2(N)CC(C)CCC2C)c1. The fraction of sp³-hybridized carbons (Fsp3) is 0.647. The summed E-state index contributed by atoms with van der Waals surface area (Å²) in [5.41, 5.74) is 10.9. The molecule has 3 atom stereocenters. The maximum atomic E-state index is 6.74. The van der Waals surface area contributed by atoms with Crippen LogP contribution in [-0.2, 0) is 6.42 Å². The molecule has 1 nitrogen and oxygen atoms in total. The zero-order valence-corrected chi connectivity index (χ0v) is 12.3.